The molecule has 0 bridgehead atoms. The maximum absolute atomic E-state index is 5.56. The molecule has 2 aromatic carbocycles. The smallest absolute Gasteiger partial charge is 0.213 e. The first-order valence-corrected chi connectivity index (χ1v) is 9.33. The first kappa shape index (κ1) is 17.6. The molecule has 27 heavy (non-hydrogen) atoms. The normalized spacial score (nSPS) is 21.7. The molecular formula is C24H26NO2+. The highest BCUT2D eigenvalue weighted by Crippen LogP contribution is 2.44. The molecule has 1 aromatic heterocycles. The Hall–Kier alpha value is -2.81. The minimum Gasteiger partial charge on any atom is -0.497 e. The summed E-state index contributed by atoms with van der Waals surface area (Å²) in [5, 5.41) is 2.43. The van der Waals surface area contributed by atoms with Crippen molar-refractivity contribution in [3.8, 4) is 11.5 Å². The lowest BCUT2D eigenvalue weighted by Gasteiger charge is -2.35. The molecule has 0 fully saturated rings. The van der Waals surface area contributed by atoms with Crippen LogP contribution in [0.3, 0.4) is 0 Å². The molecule has 3 heteroatoms. The van der Waals surface area contributed by atoms with Crippen molar-refractivity contribution >= 4 is 21.8 Å². The topological polar surface area (TPSA) is 22.3 Å². The van der Waals surface area contributed by atoms with E-state index in [1.807, 2.05) is 12.1 Å². The summed E-state index contributed by atoms with van der Waals surface area (Å²) < 4.78 is 13.4. The van der Waals surface area contributed by atoms with Gasteiger partial charge in [-0.1, -0.05) is 38.2 Å². The zero-order valence-corrected chi connectivity index (χ0v) is 16.6. The average molecular weight is 360 g/mol. The van der Waals surface area contributed by atoms with Gasteiger partial charge in [-0.25, -0.2) is 0 Å². The van der Waals surface area contributed by atoms with Crippen LogP contribution in [0.25, 0.3) is 21.8 Å². The van der Waals surface area contributed by atoms with E-state index in [2.05, 4.69) is 74.0 Å². The third-order valence-electron chi connectivity index (χ3n) is 6.11. The Kier molecular flexibility index (Phi) is 4.18. The number of hydrogen-bond donors (Lipinski definition) is 0. The van der Waals surface area contributed by atoms with Gasteiger partial charge in [0.2, 0.25) is 11.0 Å². The molecule has 0 radical (unpaired) electrons. The van der Waals surface area contributed by atoms with E-state index in [1.165, 1.54) is 27.4 Å². The van der Waals surface area contributed by atoms with Crippen molar-refractivity contribution in [1.29, 1.82) is 0 Å². The molecule has 4 rings (SSSR count). The number of aromatic nitrogens is 1. The van der Waals surface area contributed by atoms with Gasteiger partial charge in [0, 0.05) is 17.5 Å². The van der Waals surface area contributed by atoms with Gasteiger partial charge in [0.1, 0.15) is 18.5 Å². The predicted molar refractivity (Wildman–Crippen MR) is 111 cm³/mol. The van der Waals surface area contributed by atoms with Crippen LogP contribution in [0.1, 0.15) is 19.4 Å². The van der Waals surface area contributed by atoms with Crippen LogP contribution in [0.4, 0.5) is 0 Å². The number of hydrogen-bond acceptors (Lipinski definition) is 2. The monoisotopic (exact) mass is 360 g/mol. The van der Waals surface area contributed by atoms with Gasteiger partial charge in [0.05, 0.1) is 25.0 Å². The highest BCUT2D eigenvalue weighted by molar-refractivity contribution is 5.97. The Morgan fingerprint density at radius 3 is 1.93 bits per heavy atom. The summed E-state index contributed by atoms with van der Waals surface area (Å²) in [5.74, 6) is 2.12. The van der Waals surface area contributed by atoms with Gasteiger partial charge in [0.15, 0.2) is 0 Å². The van der Waals surface area contributed by atoms with E-state index in [0.717, 1.165) is 11.5 Å². The molecule has 0 N–H and O–H groups in total. The summed E-state index contributed by atoms with van der Waals surface area (Å²) in [6.45, 7) is 4.61. The van der Waals surface area contributed by atoms with Crippen LogP contribution in [-0.4, -0.2) is 14.2 Å². The van der Waals surface area contributed by atoms with Crippen molar-refractivity contribution < 1.29 is 14.0 Å². The molecule has 2 atom stereocenters. The molecular weight excluding hydrogens is 334 g/mol. The standard InChI is InChI=1S/C24H26NO2/c1-16-8-6-7-13-24(16,2)23-19-14-17(26-4)9-11-21(19)25(3)22-12-10-18(27-5)15-20(22)23/h6-16H,1-5H3/q+1. The van der Waals surface area contributed by atoms with Crippen molar-refractivity contribution in [2.75, 3.05) is 14.2 Å². The molecule has 2 unspecified atom stereocenters. The van der Waals surface area contributed by atoms with Crippen LogP contribution in [0.5, 0.6) is 11.5 Å². The minimum absolute atomic E-state index is 0.127. The Morgan fingerprint density at radius 2 is 1.44 bits per heavy atom. The first-order valence-electron chi connectivity index (χ1n) is 9.33. The lowest BCUT2D eigenvalue weighted by molar-refractivity contribution is -0.617. The van der Waals surface area contributed by atoms with Crippen molar-refractivity contribution in [2.24, 2.45) is 13.0 Å². The van der Waals surface area contributed by atoms with E-state index in [-0.39, 0.29) is 5.41 Å². The predicted octanol–water partition coefficient (Wildman–Crippen LogP) is 4.85. The van der Waals surface area contributed by atoms with E-state index in [4.69, 9.17) is 9.47 Å². The number of methoxy groups -OCH3 is 2. The fourth-order valence-electron chi connectivity index (χ4n) is 4.27. The molecule has 1 aliphatic carbocycles. The highest BCUT2D eigenvalue weighted by Gasteiger charge is 2.36. The van der Waals surface area contributed by atoms with Crippen LogP contribution in [0, 0.1) is 5.92 Å². The molecule has 1 heterocycles. The summed E-state index contributed by atoms with van der Waals surface area (Å²) in [5.41, 5.74) is 3.58. The van der Waals surface area contributed by atoms with E-state index in [9.17, 15) is 0 Å². The maximum Gasteiger partial charge on any atom is 0.213 e. The summed E-state index contributed by atoms with van der Waals surface area (Å²) in [4.78, 5) is 0. The maximum atomic E-state index is 5.56. The molecule has 0 spiro atoms. The summed E-state index contributed by atoms with van der Waals surface area (Å²) in [6, 6.07) is 12.7. The average Bonchev–Trinajstić information content (AvgIpc) is 2.69. The van der Waals surface area contributed by atoms with Crippen molar-refractivity contribution in [3.63, 3.8) is 0 Å². The third kappa shape index (κ3) is 2.61. The Balaban J connectivity index is 2.22. The van der Waals surface area contributed by atoms with E-state index < -0.39 is 0 Å². The number of pyridine rings is 1. The Bertz CT molecular complexity index is 1030. The molecule has 3 aromatic rings. The summed E-state index contributed by atoms with van der Waals surface area (Å²) in [7, 11) is 5.56. The van der Waals surface area contributed by atoms with E-state index >= 15 is 0 Å². The molecule has 0 amide bonds. The van der Waals surface area contributed by atoms with Gasteiger partial charge in [-0.15, -0.1) is 0 Å². The second-order valence-electron chi connectivity index (χ2n) is 7.52. The zero-order valence-electron chi connectivity index (χ0n) is 16.6. The SMILES string of the molecule is COc1ccc2c(c1)c(C1(C)C=CC=CC1C)c1cc(OC)ccc1[n+]2C. The molecule has 0 saturated carbocycles. The quantitative estimate of drug-likeness (QED) is 0.492. The molecule has 138 valence electrons. The van der Waals surface area contributed by atoms with Crippen LogP contribution in [-0.2, 0) is 12.5 Å². The van der Waals surface area contributed by atoms with Crippen molar-refractivity contribution in [1.82, 2.24) is 0 Å². The Labute approximate surface area is 160 Å². The molecule has 1 aliphatic rings. The van der Waals surface area contributed by atoms with Crippen LogP contribution >= 0.6 is 0 Å². The fraction of sp³-hybridized carbons (Fsp3) is 0.292. The largest absolute Gasteiger partial charge is 0.497 e. The van der Waals surface area contributed by atoms with Gasteiger partial charge in [-0.05, 0) is 35.7 Å². The van der Waals surface area contributed by atoms with Gasteiger partial charge >= 0.3 is 0 Å². The highest BCUT2D eigenvalue weighted by atomic mass is 16.5. The molecule has 3 nitrogen and oxygen atoms in total. The number of aryl methyl sites for hydroxylation is 1. The van der Waals surface area contributed by atoms with E-state index in [1.54, 1.807) is 14.2 Å². The lowest BCUT2D eigenvalue weighted by atomic mass is 9.68. The van der Waals surface area contributed by atoms with Gasteiger partial charge in [0.25, 0.3) is 0 Å². The third-order valence-corrected chi connectivity index (χ3v) is 6.11. The minimum atomic E-state index is -0.127. The lowest BCUT2D eigenvalue weighted by Crippen LogP contribution is -2.35. The second kappa shape index (κ2) is 6.41. The number of allylic oxidation sites excluding steroid dienone is 4. The van der Waals surface area contributed by atoms with Crippen LogP contribution < -0.4 is 14.0 Å². The van der Waals surface area contributed by atoms with Crippen molar-refractivity contribution in [3.05, 3.63) is 66.3 Å². The number of rotatable bonds is 3. The molecule has 0 saturated heterocycles. The Morgan fingerprint density at radius 1 is 0.889 bits per heavy atom. The van der Waals surface area contributed by atoms with Crippen molar-refractivity contribution in [2.45, 2.75) is 19.3 Å². The first-order chi connectivity index (χ1) is 13.0. The number of ether oxygens (including phenoxy) is 2. The second-order valence-corrected chi connectivity index (χ2v) is 7.52. The number of fused-ring (bicyclic) bond motifs is 2. The summed E-state index contributed by atoms with van der Waals surface area (Å²) in [6.07, 6.45) is 8.90. The van der Waals surface area contributed by atoms with E-state index in [0.29, 0.717) is 5.92 Å². The zero-order chi connectivity index (χ0) is 19.2. The number of benzene rings is 2. The number of nitrogens with zero attached hydrogens (tertiary/aromatic N) is 1. The van der Waals surface area contributed by atoms with Gasteiger partial charge < -0.3 is 9.47 Å². The van der Waals surface area contributed by atoms with Gasteiger partial charge in [-0.3, -0.25) is 0 Å². The van der Waals surface area contributed by atoms with Gasteiger partial charge in [-0.2, -0.15) is 4.57 Å². The van der Waals surface area contributed by atoms with Crippen LogP contribution in [0.2, 0.25) is 0 Å². The fourth-order valence-corrected chi connectivity index (χ4v) is 4.27. The summed E-state index contributed by atoms with van der Waals surface area (Å²) >= 11 is 0. The molecule has 0 aliphatic heterocycles. The van der Waals surface area contributed by atoms with Crippen LogP contribution in [0.15, 0.2) is 60.7 Å².